The fraction of sp³-hybridized carbons (Fsp3) is 0.565. The summed E-state index contributed by atoms with van der Waals surface area (Å²) in [5.41, 5.74) is 13.0. The van der Waals surface area contributed by atoms with E-state index in [2.05, 4.69) is 42.6 Å². The molecule has 65 heavy (non-hydrogen) atoms. The third-order valence-corrected chi connectivity index (χ3v) is 13.1. The maximum atomic E-state index is 15.1. The lowest BCUT2D eigenvalue weighted by Crippen LogP contribution is -2.53. The lowest BCUT2D eigenvalue weighted by Gasteiger charge is -2.29. The molecule has 4 aliphatic rings. The predicted octanol–water partition coefficient (Wildman–Crippen LogP) is 6.51. The first-order valence-electron chi connectivity index (χ1n) is 22.1. The number of aromatic amines is 1. The summed E-state index contributed by atoms with van der Waals surface area (Å²) in [5.74, 6) is -7.75. The van der Waals surface area contributed by atoms with Gasteiger partial charge in [-0.2, -0.15) is 0 Å². The Morgan fingerprint density at radius 2 is 1.37 bits per heavy atom. The largest absolute Gasteiger partial charge is 0.453 e. The number of amides is 4. The third-order valence-electron chi connectivity index (χ3n) is 13.1. The number of aromatic nitrogens is 2. The predicted molar refractivity (Wildman–Crippen MR) is 234 cm³/mol. The van der Waals surface area contributed by atoms with E-state index in [1.54, 1.807) is 33.9 Å². The molecule has 352 valence electrons. The molecule has 1 aromatic heterocycles. The molecule has 0 spiro atoms. The Bertz CT molecular complexity index is 2300. The molecule has 0 radical (unpaired) electrons. The van der Waals surface area contributed by atoms with Gasteiger partial charge < -0.3 is 45.9 Å². The van der Waals surface area contributed by atoms with E-state index in [1.165, 1.54) is 7.11 Å². The number of methoxy groups -OCH3 is 2. The molecule has 6 N–H and O–H groups in total. The molecule has 7 unspecified atom stereocenters. The number of halogens is 4. The van der Waals surface area contributed by atoms with Gasteiger partial charge in [-0.15, -0.1) is 0 Å². The van der Waals surface area contributed by atoms with Crippen molar-refractivity contribution in [3.8, 4) is 22.4 Å². The van der Waals surface area contributed by atoms with Gasteiger partial charge in [-0.3, -0.25) is 14.6 Å². The minimum absolute atomic E-state index is 0.0160. The highest BCUT2D eigenvalue weighted by atomic mass is 19.3. The lowest BCUT2D eigenvalue weighted by atomic mass is 9.88. The van der Waals surface area contributed by atoms with Gasteiger partial charge in [0.15, 0.2) is 0 Å². The normalized spacial score (nSPS) is 24.2. The molecule has 15 nitrogen and oxygen atoms in total. The third kappa shape index (κ3) is 9.86. The molecule has 5 heterocycles. The van der Waals surface area contributed by atoms with Gasteiger partial charge in [-0.1, -0.05) is 71.0 Å². The van der Waals surface area contributed by atoms with Crippen molar-refractivity contribution in [3.63, 3.8) is 0 Å². The van der Waals surface area contributed by atoms with E-state index in [9.17, 15) is 28.0 Å². The second-order valence-corrected chi connectivity index (χ2v) is 18.5. The minimum atomic E-state index is -3.18. The van der Waals surface area contributed by atoms with E-state index >= 15 is 8.78 Å². The van der Waals surface area contributed by atoms with Crippen molar-refractivity contribution < 1.29 is 46.2 Å². The second-order valence-electron chi connectivity index (χ2n) is 18.5. The zero-order valence-electron chi connectivity index (χ0n) is 37.7. The Hall–Kier alpha value is -5.56. The lowest BCUT2D eigenvalue weighted by molar-refractivity contribution is -0.137. The van der Waals surface area contributed by atoms with Crippen LogP contribution in [-0.4, -0.2) is 120 Å². The number of nitrogens with zero attached hydrogens (tertiary/aromatic N) is 4. The number of rotatable bonds is 13. The first-order valence-corrected chi connectivity index (χ1v) is 22.1. The van der Waals surface area contributed by atoms with Gasteiger partial charge in [0, 0.05) is 37.0 Å². The number of aliphatic imine (C=N–C) groups is 1. The number of nitrogens with two attached hydrogens (primary N) is 1. The van der Waals surface area contributed by atoms with Crippen LogP contribution in [0.5, 0.6) is 0 Å². The molecule has 3 aromatic rings. The molecule has 0 aliphatic carbocycles. The van der Waals surface area contributed by atoms with E-state index in [0.717, 1.165) is 57.6 Å². The zero-order chi connectivity index (χ0) is 47.1. The van der Waals surface area contributed by atoms with Gasteiger partial charge in [0.2, 0.25) is 11.8 Å². The summed E-state index contributed by atoms with van der Waals surface area (Å²) in [7, 11) is 2.33. The number of piperidine rings is 1. The van der Waals surface area contributed by atoms with E-state index in [4.69, 9.17) is 10.5 Å². The van der Waals surface area contributed by atoms with Crippen molar-refractivity contribution in [1.29, 1.82) is 0 Å². The highest BCUT2D eigenvalue weighted by molar-refractivity contribution is 6.02. The quantitative estimate of drug-likeness (QED) is 0.0938. The number of H-pyrrole nitrogens is 1. The molecule has 4 amide bonds. The van der Waals surface area contributed by atoms with Crippen molar-refractivity contribution in [2.24, 2.45) is 28.5 Å². The van der Waals surface area contributed by atoms with Crippen molar-refractivity contribution in [2.75, 3.05) is 40.4 Å². The van der Waals surface area contributed by atoms with Gasteiger partial charge >= 0.3 is 12.2 Å². The molecule has 7 atom stereocenters. The smallest absolute Gasteiger partial charge is 0.407 e. The maximum absolute atomic E-state index is 15.1. The molecular weight excluding hydrogens is 851 g/mol. The Labute approximate surface area is 375 Å². The average molecular weight is 910 g/mol. The van der Waals surface area contributed by atoms with E-state index in [-0.39, 0.29) is 36.9 Å². The highest BCUT2D eigenvalue weighted by Crippen LogP contribution is 2.52. The number of nitrogens with one attached hydrogen (secondary N) is 4. The van der Waals surface area contributed by atoms with Crippen LogP contribution in [0.25, 0.3) is 22.4 Å². The molecule has 2 bridgehead atoms. The number of carbonyl (C=O) groups is 4. The fourth-order valence-corrected chi connectivity index (χ4v) is 9.90. The summed E-state index contributed by atoms with van der Waals surface area (Å²) in [6, 6.07) is 7.65. The van der Waals surface area contributed by atoms with Crippen LogP contribution >= 0.6 is 0 Å². The van der Waals surface area contributed by atoms with Crippen LogP contribution < -0.4 is 21.7 Å². The molecule has 3 saturated heterocycles. The number of benzene rings is 2. The van der Waals surface area contributed by atoms with Crippen LogP contribution in [0.15, 0.2) is 47.6 Å². The molecule has 7 rings (SSSR count). The number of hydrogen-bond acceptors (Lipinski definition) is 10. The number of carbonyl (C=O) groups excluding carboxylic acids is 4. The van der Waals surface area contributed by atoms with Gasteiger partial charge in [-0.05, 0) is 58.4 Å². The van der Waals surface area contributed by atoms with Crippen LogP contribution in [-0.2, 0) is 19.1 Å². The monoisotopic (exact) mass is 909 g/mol. The molecule has 4 aliphatic heterocycles. The summed E-state index contributed by atoms with van der Waals surface area (Å²) >= 11 is 0. The van der Waals surface area contributed by atoms with Crippen molar-refractivity contribution >= 4 is 29.7 Å². The number of alkyl halides is 4. The average Bonchev–Trinajstić information content (AvgIpc) is 4.02. The molecule has 0 saturated carbocycles. The molecule has 19 heteroatoms. The SMILES string of the molecule is COC(=O)NC(C(=O)N1CC(F)(F)CC1CN=C(CN)c1ccc(-c2ccc(-c3cnc(C4CC(F)(F)CN4C(=O)C(NC(=O)OC)C(C)C)[nH]3)c3c2C2CC(C)CC3N2)cc1)C(C)C. The number of ether oxygens (including phenoxy) is 2. The fourth-order valence-electron chi connectivity index (χ4n) is 9.90. The summed E-state index contributed by atoms with van der Waals surface area (Å²) in [4.78, 5) is 66.1. The Morgan fingerprint density at radius 1 is 0.831 bits per heavy atom. The van der Waals surface area contributed by atoms with E-state index in [0.29, 0.717) is 22.9 Å². The Kier molecular flexibility index (Phi) is 13.7. The topological polar surface area (TPSA) is 196 Å². The Morgan fingerprint density at radius 3 is 1.94 bits per heavy atom. The van der Waals surface area contributed by atoms with E-state index < -0.39 is 91.9 Å². The number of hydrogen-bond donors (Lipinski definition) is 5. The summed E-state index contributed by atoms with van der Waals surface area (Å²) < 4.78 is 69.2. The van der Waals surface area contributed by atoms with Crippen LogP contribution in [0.2, 0.25) is 0 Å². The van der Waals surface area contributed by atoms with Crippen molar-refractivity contribution in [3.05, 3.63) is 65.1 Å². The maximum Gasteiger partial charge on any atom is 0.407 e. The zero-order valence-corrected chi connectivity index (χ0v) is 37.7. The number of imidazole rings is 1. The number of fused-ring (bicyclic) bond motifs is 5. The van der Waals surface area contributed by atoms with Crippen LogP contribution in [0.1, 0.15) is 101 Å². The summed E-state index contributed by atoms with van der Waals surface area (Å²) in [5, 5.41) is 8.77. The van der Waals surface area contributed by atoms with Gasteiger partial charge in [0.05, 0.1) is 63.5 Å². The number of alkyl carbamates (subject to hydrolysis) is 2. The first-order chi connectivity index (χ1) is 30.7. The van der Waals surface area contributed by atoms with Crippen LogP contribution in [0.4, 0.5) is 27.2 Å². The van der Waals surface area contributed by atoms with Gasteiger partial charge in [-0.25, -0.2) is 32.1 Å². The molecule has 2 aromatic carbocycles. The highest BCUT2D eigenvalue weighted by Gasteiger charge is 2.51. The molecular formula is C46H59F4N9O6. The number of likely N-dealkylation sites (tertiary alicyclic amines) is 2. The summed E-state index contributed by atoms with van der Waals surface area (Å²) in [6.45, 7) is 7.36. The van der Waals surface area contributed by atoms with Gasteiger partial charge in [0.1, 0.15) is 17.9 Å². The first kappa shape index (κ1) is 47.4. The van der Waals surface area contributed by atoms with Crippen molar-refractivity contribution in [2.45, 2.75) is 108 Å². The standard InChI is InChI=1S/C46H59F4N9O6/c1-23(2)38(56-43(62)64-6)41(60)58-21-45(47,48)16-28(58)19-52-33(18-51)27-10-8-26(9-11-27)29-12-13-30(37-32-15-25(5)14-31(54-32)36(29)37)34-20-53-40(55-34)35-17-46(49,50)22-59(35)42(61)39(24(3)4)57-44(63)65-7/h8-13,20,23-25,28,31-32,35,38-39,54H,14-19,21-22,51H2,1-7H3,(H,53,55)(H,56,62)(H,57,63). The Balaban J connectivity index is 1.15. The van der Waals surface area contributed by atoms with E-state index in [1.807, 2.05) is 36.4 Å². The summed E-state index contributed by atoms with van der Waals surface area (Å²) in [6.07, 6.45) is 0.518. The minimum Gasteiger partial charge on any atom is -0.453 e. The van der Waals surface area contributed by atoms with Crippen LogP contribution in [0, 0.1) is 17.8 Å². The molecule has 3 fully saturated rings. The van der Waals surface area contributed by atoms with Crippen LogP contribution in [0.3, 0.4) is 0 Å². The van der Waals surface area contributed by atoms with Gasteiger partial charge in [0.25, 0.3) is 11.8 Å². The van der Waals surface area contributed by atoms with Crippen molar-refractivity contribution in [1.82, 2.24) is 35.7 Å². The second kappa shape index (κ2) is 18.7.